The van der Waals surface area contributed by atoms with Gasteiger partial charge in [0.15, 0.2) is 0 Å². The highest BCUT2D eigenvalue weighted by Gasteiger charge is 1.94. The van der Waals surface area contributed by atoms with Crippen LogP contribution < -0.4 is 26.6 Å². The fourth-order valence-corrected chi connectivity index (χ4v) is 2.32. The molecule has 0 unspecified atom stereocenters. The second kappa shape index (κ2) is 15.2. The normalized spacial score (nSPS) is 24.0. The summed E-state index contributed by atoms with van der Waals surface area (Å²) in [6, 6.07) is 0. The molecule has 20 heavy (non-hydrogen) atoms. The van der Waals surface area contributed by atoms with Gasteiger partial charge in [0.25, 0.3) is 0 Å². The van der Waals surface area contributed by atoms with Gasteiger partial charge < -0.3 is 26.6 Å². The molecule has 120 valence electrons. The summed E-state index contributed by atoms with van der Waals surface area (Å²) in [6.07, 6.45) is 6.14. The van der Waals surface area contributed by atoms with Crippen molar-refractivity contribution in [2.24, 2.45) is 0 Å². The second-order valence-corrected chi connectivity index (χ2v) is 5.52. The molecule has 0 spiro atoms. The molecular weight excluding hydrogens is 250 g/mol. The van der Waals surface area contributed by atoms with Crippen LogP contribution in [-0.2, 0) is 0 Å². The molecule has 1 saturated heterocycles. The molecule has 0 aromatic heterocycles. The summed E-state index contributed by atoms with van der Waals surface area (Å²) >= 11 is 0. The molecule has 1 rings (SSSR count). The lowest BCUT2D eigenvalue weighted by molar-refractivity contribution is 0.527. The van der Waals surface area contributed by atoms with Crippen molar-refractivity contribution in [1.29, 1.82) is 0 Å². The molecule has 0 aromatic rings. The van der Waals surface area contributed by atoms with Crippen molar-refractivity contribution < 1.29 is 0 Å². The zero-order valence-corrected chi connectivity index (χ0v) is 13.1. The molecule has 0 aromatic carbocycles. The lowest BCUT2D eigenvalue weighted by atomic mass is 10.3. The second-order valence-electron chi connectivity index (χ2n) is 5.52. The van der Waals surface area contributed by atoms with Crippen LogP contribution in [0.3, 0.4) is 0 Å². The van der Waals surface area contributed by atoms with Crippen LogP contribution in [0.2, 0.25) is 0 Å². The molecule has 1 aliphatic heterocycles. The van der Waals surface area contributed by atoms with Gasteiger partial charge in [-0.15, -0.1) is 0 Å². The van der Waals surface area contributed by atoms with E-state index < -0.39 is 0 Å². The summed E-state index contributed by atoms with van der Waals surface area (Å²) in [7, 11) is 0. The number of hydrogen-bond acceptors (Lipinski definition) is 5. The highest BCUT2D eigenvalue weighted by molar-refractivity contribution is 4.58. The van der Waals surface area contributed by atoms with Gasteiger partial charge in [0.2, 0.25) is 0 Å². The van der Waals surface area contributed by atoms with E-state index in [-0.39, 0.29) is 0 Å². The molecule has 5 heteroatoms. The Balaban J connectivity index is 2.00. The van der Waals surface area contributed by atoms with Gasteiger partial charge in [-0.25, -0.2) is 0 Å². The van der Waals surface area contributed by atoms with Crippen molar-refractivity contribution in [3.05, 3.63) is 0 Å². The maximum absolute atomic E-state index is 3.50. The van der Waals surface area contributed by atoms with E-state index in [2.05, 4.69) is 26.6 Å². The number of hydrogen-bond donors (Lipinski definition) is 5. The largest absolute Gasteiger partial charge is 0.317 e. The number of nitrogens with one attached hydrogen (secondary N) is 5. The van der Waals surface area contributed by atoms with Crippen LogP contribution in [-0.4, -0.2) is 65.4 Å². The summed E-state index contributed by atoms with van der Waals surface area (Å²) in [5, 5.41) is 17.5. The monoisotopic (exact) mass is 285 g/mol. The Labute approximate surface area is 125 Å². The minimum absolute atomic E-state index is 1.13. The maximum atomic E-state index is 3.50. The Morgan fingerprint density at radius 3 is 0.550 bits per heavy atom. The molecule has 0 bridgehead atoms. The van der Waals surface area contributed by atoms with Gasteiger partial charge in [-0.2, -0.15) is 0 Å². The standard InChI is InChI=1S/C15H35N5/c1-6-16-8-2-10-18-12-4-14-20-15-5-13-19-11-3-9-17-7-1/h16-20H,1-15H2. The van der Waals surface area contributed by atoms with E-state index in [4.69, 9.17) is 0 Å². The number of rotatable bonds is 0. The highest BCUT2D eigenvalue weighted by atomic mass is 14.9. The summed E-state index contributed by atoms with van der Waals surface area (Å²) in [5.41, 5.74) is 0. The summed E-state index contributed by atoms with van der Waals surface area (Å²) < 4.78 is 0. The molecule has 1 fully saturated rings. The fraction of sp³-hybridized carbons (Fsp3) is 1.00. The molecule has 5 nitrogen and oxygen atoms in total. The first-order chi connectivity index (χ1) is 10.0. The third kappa shape index (κ3) is 12.8. The fourth-order valence-electron chi connectivity index (χ4n) is 2.32. The van der Waals surface area contributed by atoms with Crippen LogP contribution in [0, 0.1) is 0 Å². The molecule has 1 aliphatic rings. The van der Waals surface area contributed by atoms with Crippen molar-refractivity contribution in [2.45, 2.75) is 32.1 Å². The third-order valence-electron chi connectivity index (χ3n) is 3.54. The van der Waals surface area contributed by atoms with Gasteiger partial charge in [-0.3, -0.25) is 0 Å². The zero-order chi connectivity index (χ0) is 14.1. The van der Waals surface area contributed by atoms with Gasteiger partial charge in [0.05, 0.1) is 0 Å². The van der Waals surface area contributed by atoms with Crippen molar-refractivity contribution in [3.63, 3.8) is 0 Å². The minimum Gasteiger partial charge on any atom is -0.317 e. The first-order valence-electron chi connectivity index (χ1n) is 8.54. The topological polar surface area (TPSA) is 60.1 Å². The van der Waals surface area contributed by atoms with E-state index in [1.807, 2.05) is 0 Å². The van der Waals surface area contributed by atoms with Crippen LogP contribution in [0.25, 0.3) is 0 Å². The Morgan fingerprint density at radius 2 is 0.400 bits per heavy atom. The quantitative estimate of drug-likeness (QED) is 0.430. The summed E-state index contributed by atoms with van der Waals surface area (Å²) in [4.78, 5) is 0. The Hall–Kier alpha value is -0.200. The van der Waals surface area contributed by atoms with E-state index in [0.29, 0.717) is 0 Å². The van der Waals surface area contributed by atoms with Crippen LogP contribution in [0.1, 0.15) is 32.1 Å². The Kier molecular flexibility index (Phi) is 13.6. The van der Waals surface area contributed by atoms with E-state index in [9.17, 15) is 0 Å². The van der Waals surface area contributed by atoms with Gasteiger partial charge in [0, 0.05) is 0 Å². The molecule has 0 amide bonds. The molecule has 0 aliphatic carbocycles. The van der Waals surface area contributed by atoms with E-state index in [0.717, 1.165) is 65.4 Å². The van der Waals surface area contributed by atoms with Gasteiger partial charge in [-0.1, -0.05) is 0 Å². The molecular formula is C15H35N5. The molecule has 0 saturated carbocycles. The predicted molar refractivity (Wildman–Crippen MR) is 87.4 cm³/mol. The van der Waals surface area contributed by atoms with Gasteiger partial charge >= 0.3 is 0 Å². The first-order valence-corrected chi connectivity index (χ1v) is 8.54. The third-order valence-corrected chi connectivity index (χ3v) is 3.54. The van der Waals surface area contributed by atoms with Gasteiger partial charge in [-0.05, 0) is 97.6 Å². The maximum Gasteiger partial charge on any atom is -0.00368 e. The molecule has 0 atom stereocenters. The Morgan fingerprint density at radius 1 is 0.250 bits per heavy atom. The SMILES string of the molecule is C1CNCCCNCCCNCCCNCCCNC1. The average Bonchev–Trinajstić information content (AvgIpc) is 2.46. The van der Waals surface area contributed by atoms with E-state index >= 15 is 0 Å². The molecule has 1 heterocycles. The van der Waals surface area contributed by atoms with Crippen molar-refractivity contribution in [1.82, 2.24) is 26.6 Å². The van der Waals surface area contributed by atoms with Crippen molar-refractivity contribution >= 4 is 0 Å². The predicted octanol–water partition coefficient (Wildman–Crippen LogP) is -0.101. The van der Waals surface area contributed by atoms with E-state index in [1.165, 1.54) is 32.1 Å². The minimum atomic E-state index is 1.13. The van der Waals surface area contributed by atoms with Gasteiger partial charge in [0.1, 0.15) is 0 Å². The van der Waals surface area contributed by atoms with Crippen LogP contribution >= 0.6 is 0 Å². The average molecular weight is 285 g/mol. The lowest BCUT2D eigenvalue weighted by Gasteiger charge is -2.09. The smallest absolute Gasteiger partial charge is 0.00368 e. The first kappa shape index (κ1) is 17.9. The summed E-state index contributed by atoms with van der Waals surface area (Å²) in [5.74, 6) is 0. The van der Waals surface area contributed by atoms with Crippen LogP contribution in [0.15, 0.2) is 0 Å². The lowest BCUT2D eigenvalue weighted by Crippen LogP contribution is -2.29. The van der Waals surface area contributed by atoms with Crippen LogP contribution in [0.4, 0.5) is 0 Å². The highest BCUT2D eigenvalue weighted by Crippen LogP contribution is 1.82. The Bertz CT molecular complexity index is 103. The molecule has 5 N–H and O–H groups in total. The van der Waals surface area contributed by atoms with Crippen molar-refractivity contribution in [2.75, 3.05) is 65.4 Å². The summed E-state index contributed by atoms with van der Waals surface area (Å²) in [6.45, 7) is 11.3. The zero-order valence-electron chi connectivity index (χ0n) is 13.1. The van der Waals surface area contributed by atoms with Crippen LogP contribution in [0.5, 0.6) is 0 Å². The van der Waals surface area contributed by atoms with E-state index in [1.54, 1.807) is 0 Å². The molecule has 0 radical (unpaired) electrons. The van der Waals surface area contributed by atoms with Crippen molar-refractivity contribution in [3.8, 4) is 0 Å².